The highest BCUT2D eigenvalue weighted by molar-refractivity contribution is 5.97. The van der Waals surface area contributed by atoms with Gasteiger partial charge in [0.2, 0.25) is 0 Å². The molecule has 0 aliphatic carbocycles. The van der Waals surface area contributed by atoms with Gasteiger partial charge in [0.25, 0.3) is 0 Å². The molecule has 5 nitrogen and oxygen atoms in total. The number of likely N-dealkylation sites (N-methyl/N-ethyl adjacent to an activating group) is 1. The lowest BCUT2D eigenvalue weighted by Gasteiger charge is -2.18. The zero-order chi connectivity index (χ0) is 17.2. The highest BCUT2D eigenvalue weighted by Crippen LogP contribution is 2.27. The third-order valence-corrected chi connectivity index (χ3v) is 4.83. The van der Waals surface area contributed by atoms with E-state index in [1.807, 2.05) is 18.5 Å². The van der Waals surface area contributed by atoms with E-state index in [0.717, 1.165) is 54.1 Å². The minimum Gasteiger partial charge on any atom is -0.368 e. The molecule has 0 aliphatic heterocycles. The van der Waals surface area contributed by atoms with Gasteiger partial charge in [-0.05, 0) is 31.3 Å². The van der Waals surface area contributed by atoms with E-state index in [1.54, 1.807) is 0 Å². The molecule has 0 radical (unpaired) electrons. The van der Waals surface area contributed by atoms with Gasteiger partial charge in [0, 0.05) is 30.1 Å². The molecule has 0 bridgehead atoms. The third-order valence-electron chi connectivity index (χ3n) is 4.83. The van der Waals surface area contributed by atoms with Crippen molar-refractivity contribution in [2.24, 2.45) is 0 Å². The van der Waals surface area contributed by atoms with Crippen molar-refractivity contribution < 1.29 is 0 Å². The first-order valence-corrected chi connectivity index (χ1v) is 8.92. The van der Waals surface area contributed by atoms with Crippen LogP contribution in [0.4, 0.5) is 5.82 Å². The Morgan fingerprint density at radius 1 is 1.08 bits per heavy atom. The Kier molecular flexibility index (Phi) is 4.24. The topological polar surface area (TPSA) is 45.5 Å². The van der Waals surface area contributed by atoms with Crippen molar-refractivity contribution >= 4 is 33.3 Å². The van der Waals surface area contributed by atoms with Crippen LogP contribution in [-0.4, -0.2) is 45.4 Å². The Morgan fingerprint density at radius 3 is 2.76 bits per heavy atom. The molecule has 0 fully saturated rings. The predicted octanol–water partition coefficient (Wildman–Crippen LogP) is 3.79. The maximum Gasteiger partial charge on any atom is 0.140 e. The normalized spacial score (nSPS) is 11.8. The molecule has 1 N–H and O–H groups in total. The van der Waals surface area contributed by atoms with Crippen LogP contribution >= 0.6 is 0 Å². The molecule has 4 rings (SSSR count). The number of para-hydroxylation sites is 1. The lowest BCUT2D eigenvalue weighted by Crippen LogP contribution is -2.28. The third kappa shape index (κ3) is 2.81. The number of nitrogens with one attached hydrogen (secondary N) is 1. The van der Waals surface area contributed by atoms with Crippen molar-refractivity contribution in [3.8, 4) is 0 Å². The zero-order valence-electron chi connectivity index (χ0n) is 14.7. The second kappa shape index (κ2) is 6.69. The average molecular weight is 333 g/mol. The van der Waals surface area contributed by atoms with Crippen molar-refractivity contribution in [3.63, 3.8) is 0 Å². The summed E-state index contributed by atoms with van der Waals surface area (Å²) in [6.07, 6.45) is 3.75. The van der Waals surface area contributed by atoms with Crippen LogP contribution in [0.25, 0.3) is 27.5 Å². The molecular formula is C20H23N5. The van der Waals surface area contributed by atoms with Gasteiger partial charge in [-0.2, -0.15) is 0 Å². The summed E-state index contributed by atoms with van der Waals surface area (Å²) >= 11 is 0. The molecule has 0 atom stereocenters. The van der Waals surface area contributed by atoms with Gasteiger partial charge in [-0.3, -0.25) is 9.38 Å². The van der Waals surface area contributed by atoms with E-state index in [-0.39, 0.29) is 0 Å². The van der Waals surface area contributed by atoms with Crippen molar-refractivity contribution in [3.05, 3.63) is 48.8 Å². The summed E-state index contributed by atoms with van der Waals surface area (Å²) < 4.78 is 2.19. The number of fused-ring (bicyclic) bond motifs is 5. The fourth-order valence-corrected chi connectivity index (χ4v) is 3.42. The average Bonchev–Trinajstić information content (AvgIpc) is 3.03. The Hall–Kier alpha value is -2.66. The molecule has 128 valence electrons. The molecule has 0 saturated carbocycles. The van der Waals surface area contributed by atoms with E-state index in [4.69, 9.17) is 4.98 Å². The summed E-state index contributed by atoms with van der Waals surface area (Å²) in [5.41, 5.74) is 3.20. The fourth-order valence-electron chi connectivity index (χ4n) is 3.42. The zero-order valence-corrected chi connectivity index (χ0v) is 14.7. The van der Waals surface area contributed by atoms with Gasteiger partial charge in [0.05, 0.1) is 17.2 Å². The molecule has 0 amide bonds. The molecule has 4 aromatic rings. The van der Waals surface area contributed by atoms with Gasteiger partial charge in [-0.25, -0.2) is 4.98 Å². The second-order valence-corrected chi connectivity index (χ2v) is 6.20. The van der Waals surface area contributed by atoms with Crippen LogP contribution < -0.4 is 5.32 Å². The number of rotatable bonds is 6. The van der Waals surface area contributed by atoms with Gasteiger partial charge in [0.15, 0.2) is 0 Å². The molecule has 3 aromatic heterocycles. The molecule has 3 heterocycles. The van der Waals surface area contributed by atoms with Gasteiger partial charge >= 0.3 is 0 Å². The van der Waals surface area contributed by atoms with Crippen LogP contribution in [-0.2, 0) is 0 Å². The van der Waals surface area contributed by atoms with E-state index in [1.165, 1.54) is 5.39 Å². The van der Waals surface area contributed by atoms with Crippen molar-refractivity contribution in [2.75, 3.05) is 31.5 Å². The molecular weight excluding hydrogens is 310 g/mol. The highest BCUT2D eigenvalue weighted by atomic mass is 15.1. The standard InChI is InChI=1S/C20H23N5/c1-3-24(4-2)12-11-22-20-16-9-10-21-14-18(16)25-17-8-6-5-7-15(17)13-19(25)23-20/h5-10,13-14H,3-4,11-12H2,1-2H3,(H,22,23). The van der Waals surface area contributed by atoms with Crippen LogP contribution in [0.1, 0.15) is 13.8 Å². The maximum absolute atomic E-state index is 4.89. The van der Waals surface area contributed by atoms with Gasteiger partial charge < -0.3 is 10.2 Å². The summed E-state index contributed by atoms with van der Waals surface area (Å²) in [6, 6.07) is 12.6. The Balaban J connectivity index is 1.80. The first-order valence-electron chi connectivity index (χ1n) is 8.92. The first kappa shape index (κ1) is 15.8. The van der Waals surface area contributed by atoms with Crippen LogP contribution in [0.5, 0.6) is 0 Å². The van der Waals surface area contributed by atoms with E-state index in [0.29, 0.717) is 0 Å². The summed E-state index contributed by atoms with van der Waals surface area (Å²) in [4.78, 5) is 11.6. The number of pyridine rings is 1. The van der Waals surface area contributed by atoms with E-state index in [2.05, 4.69) is 63.8 Å². The van der Waals surface area contributed by atoms with Gasteiger partial charge in [-0.1, -0.05) is 32.0 Å². The molecule has 5 heteroatoms. The maximum atomic E-state index is 4.89. The summed E-state index contributed by atoms with van der Waals surface area (Å²) in [5, 5.41) is 5.82. The quantitative estimate of drug-likeness (QED) is 0.583. The number of benzene rings is 1. The smallest absolute Gasteiger partial charge is 0.140 e. The second-order valence-electron chi connectivity index (χ2n) is 6.20. The van der Waals surface area contributed by atoms with Gasteiger partial charge in [-0.15, -0.1) is 0 Å². The van der Waals surface area contributed by atoms with E-state index >= 15 is 0 Å². The molecule has 0 spiro atoms. The number of hydrogen-bond acceptors (Lipinski definition) is 4. The Labute approximate surface area is 147 Å². The van der Waals surface area contributed by atoms with Crippen LogP contribution in [0.15, 0.2) is 48.8 Å². The Bertz CT molecular complexity index is 1020. The van der Waals surface area contributed by atoms with Gasteiger partial charge in [0.1, 0.15) is 11.5 Å². The summed E-state index contributed by atoms with van der Waals surface area (Å²) in [5.74, 6) is 0.930. The highest BCUT2D eigenvalue weighted by Gasteiger charge is 2.11. The summed E-state index contributed by atoms with van der Waals surface area (Å²) in [7, 11) is 0. The number of anilines is 1. The molecule has 25 heavy (non-hydrogen) atoms. The lowest BCUT2D eigenvalue weighted by atomic mass is 10.2. The molecule has 1 aromatic carbocycles. The predicted molar refractivity (Wildman–Crippen MR) is 104 cm³/mol. The first-order chi connectivity index (χ1) is 12.3. The van der Waals surface area contributed by atoms with E-state index in [9.17, 15) is 0 Å². The molecule has 0 aliphatic rings. The minimum atomic E-state index is 0.877. The largest absolute Gasteiger partial charge is 0.368 e. The monoisotopic (exact) mass is 333 g/mol. The van der Waals surface area contributed by atoms with E-state index < -0.39 is 0 Å². The van der Waals surface area contributed by atoms with Crippen LogP contribution in [0, 0.1) is 0 Å². The van der Waals surface area contributed by atoms with Crippen molar-refractivity contribution in [1.29, 1.82) is 0 Å². The lowest BCUT2D eigenvalue weighted by molar-refractivity contribution is 0.316. The number of hydrogen-bond donors (Lipinski definition) is 1. The summed E-state index contributed by atoms with van der Waals surface area (Å²) in [6.45, 7) is 8.42. The molecule has 0 saturated heterocycles. The SMILES string of the molecule is CCN(CC)CCNc1nc2cc3ccccc3n2c2cnccc12. The van der Waals surface area contributed by atoms with Crippen LogP contribution in [0.3, 0.4) is 0 Å². The minimum absolute atomic E-state index is 0.877. The fraction of sp³-hybridized carbons (Fsp3) is 0.300. The number of aromatic nitrogens is 3. The Morgan fingerprint density at radius 2 is 1.92 bits per heavy atom. The molecule has 0 unspecified atom stereocenters. The van der Waals surface area contributed by atoms with Crippen molar-refractivity contribution in [1.82, 2.24) is 19.3 Å². The van der Waals surface area contributed by atoms with Crippen molar-refractivity contribution in [2.45, 2.75) is 13.8 Å². The number of nitrogens with zero attached hydrogens (tertiary/aromatic N) is 4. The van der Waals surface area contributed by atoms with Crippen LogP contribution in [0.2, 0.25) is 0 Å².